The molecule has 7 nitrogen and oxygen atoms in total. The summed E-state index contributed by atoms with van der Waals surface area (Å²) < 4.78 is 11.2. The zero-order valence-electron chi connectivity index (χ0n) is 18.8. The van der Waals surface area contributed by atoms with E-state index in [1.165, 1.54) is 5.56 Å². The molecule has 5 rings (SSSR count). The Labute approximate surface area is 202 Å². The average molecular weight is 475 g/mol. The number of halogens is 1. The van der Waals surface area contributed by atoms with Crippen LogP contribution >= 0.6 is 11.6 Å². The second-order valence-electron chi connectivity index (χ2n) is 8.08. The normalized spacial score (nSPS) is 16.1. The summed E-state index contributed by atoms with van der Waals surface area (Å²) in [6.45, 7) is 4.25. The molecule has 1 aliphatic rings. The largest absolute Gasteiger partial charge is 0.467 e. The quantitative estimate of drug-likeness (QED) is 0.357. The first-order chi connectivity index (χ1) is 16.5. The number of carbonyl (C=O) groups is 1. The van der Waals surface area contributed by atoms with Crippen LogP contribution in [-0.2, 0) is 13.0 Å². The molecule has 0 spiro atoms. The number of nitrogens with one attached hydrogen (secondary N) is 1. The van der Waals surface area contributed by atoms with E-state index in [2.05, 4.69) is 29.5 Å². The summed E-state index contributed by atoms with van der Waals surface area (Å²) in [5.41, 5.74) is 4.31. The number of amides is 2. The van der Waals surface area contributed by atoms with Gasteiger partial charge in [0.05, 0.1) is 24.4 Å². The Morgan fingerprint density at radius 3 is 2.65 bits per heavy atom. The highest BCUT2D eigenvalue weighted by Gasteiger charge is 2.36. The first-order valence-corrected chi connectivity index (χ1v) is 11.4. The van der Waals surface area contributed by atoms with E-state index < -0.39 is 6.04 Å². The Kier molecular flexibility index (Phi) is 5.94. The summed E-state index contributed by atoms with van der Waals surface area (Å²) in [7, 11) is 0. The second-order valence-corrected chi connectivity index (χ2v) is 8.51. The maximum atomic E-state index is 13.1. The van der Waals surface area contributed by atoms with Crippen LogP contribution in [0, 0.1) is 0 Å². The standard InChI is InChI=1S/C26H23ClN4O3/c1-3-17-9-11-18(12-10-17)24-29-25(34-30-24)22-16(2)31(15-21-8-5-13-33-21)26(32)28-23(22)19-6-4-7-20(27)14-19/h4-14,23H,3,15H2,1-2H3,(H,28,32). The molecule has 0 saturated carbocycles. The zero-order chi connectivity index (χ0) is 23.7. The molecule has 2 aromatic heterocycles. The molecule has 1 unspecified atom stereocenters. The van der Waals surface area contributed by atoms with Crippen molar-refractivity contribution in [3.63, 3.8) is 0 Å². The van der Waals surface area contributed by atoms with Gasteiger partial charge in [-0.05, 0) is 48.7 Å². The highest BCUT2D eigenvalue weighted by Crippen LogP contribution is 2.38. The molecule has 2 amide bonds. The fourth-order valence-electron chi connectivity index (χ4n) is 4.08. The van der Waals surface area contributed by atoms with Crippen LogP contribution in [0.5, 0.6) is 0 Å². The molecular formula is C26H23ClN4O3. The number of urea groups is 1. The summed E-state index contributed by atoms with van der Waals surface area (Å²) in [6.07, 6.45) is 2.54. The van der Waals surface area contributed by atoms with Crippen molar-refractivity contribution in [1.82, 2.24) is 20.4 Å². The molecule has 2 aromatic carbocycles. The van der Waals surface area contributed by atoms with Crippen molar-refractivity contribution in [1.29, 1.82) is 0 Å². The minimum Gasteiger partial charge on any atom is -0.467 e. The van der Waals surface area contributed by atoms with Crippen LogP contribution in [0.4, 0.5) is 4.79 Å². The van der Waals surface area contributed by atoms with Gasteiger partial charge in [-0.3, -0.25) is 4.90 Å². The van der Waals surface area contributed by atoms with Crippen molar-refractivity contribution in [3.05, 3.63) is 100 Å². The van der Waals surface area contributed by atoms with Gasteiger partial charge in [0, 0.05) is 16.3 Å². The van der Waals surface area contributed by atoms with Crippen LogP contribution < -0.4 is 5.32 Å². The van der Waals surface area contributed by atoms with Crippen LogP contribution in [0.2, 0.25) is 5.02 Å². The SMILES string of the molecule is CCc1ccc(-c2noc(C3=C(C)N(Cc4ccco4)C(=O)NC3c3cccc(Cl)c3)n2)cc1. The van der Waals surface area contributed by atoms with E-state index >= 15 is 0 Å². The van der Waals surface area contributed by atoms with Gasteiger partial charge in [0.1, 0.15) is 5.76 Å². The topological polar surface area (TPSA) is 84.4 Å². The lowest BCUT2D eigenvalue weighted by Gasteiger charge is -2.34. The van der Waals surface area contributed by atoms with Crippen molar-refractivity contribution in [2.45, 2.75) is 32.9 Å². The predicted molar refractivity (Wildman–Crippen MR) is 129 cm³/mol. The smallest absolute Gasteiger partial charge is 0.322 e. The lowest BCUT2D eigenvalue weighted by atomic mass is 9.94. The van der Waals surface area contributed by atoms with Crippen molar-refractivity contribution < 1.29 is 13.7 Å². The molecule has 1 aliphatic heterocycles. The van der Waals surface area contributed by atoms with Crippen LogP contribution in [0.3, 0.4) is 0 Å². The third-order valence-corrected chi connectivity index (χ3v) is 6.18. The van der Waals surface area contributed by atoms with Gasteiger partial charge >= 0.3 is 6.03 Å². The van der Waals surface area contributed by atoms with E-state index in [1.807, 2.05) is 43.3 Å². The van der Waals surface area contributed by atoms with Gasteiger partial charge in [-0.25, -0.2) is 4.79 Å². The molecule has 0 radical (unpaired) electrons. The third kappa shape index (κ3) is 4.22. The number of aryl methyl sites for hydroxylation is 1. The van der Waals surface area contributed by atoms with E-state index in [4.69, 9.17) is 25.5 Å². The fourth-order valence-corrected chi connectivity index (χ4v) is 4.28. The Hall–Kier alpha value is -3.84. The molecular weight excluding hydrogens is 452 g/mol. The summed E-state index contributed by atoms with van der Waals surface area (Å²) in [6, 6.07) is 18.3. The second kappa shape index (κ2) is 9.19. The number of nitrogens with zero attached hydrogens (tertiary/aromatic N) is 3. The van der Waals surface area contributed by atoms with Crippen molar-refractivity contribution in [2.75, 3.05) is 0 Å². The summed E-state index contributed by atoms with van der Waals surface area (Å²) >= 11 is 6.26. The van der Waals surface area contributed by atoms with E-state index in [0.717, 1.165) is 17.5 Å². The van der Waals surface area contributed by atoms with E-state index in [0.29, 0.717) is 33.8 Å². The number of allylic oxidation sites excluding steroid dienone is 1. The monoisotopic (exact) mass is 474 g/mol. The molecule has 172 valence electrons. The molecule has 0 aliphatic carbocycles. The van der Waals surface area contributed by atoms with Gasteiger partial charge in [-0.2, -0.15) is 4.98 Å². The third-order valence-electron chi connectivity index (χ3n) is 5.95. The minimum atomic E-state index is -0.505. The number of hydrogen-bond acceptors (Lipinski definition) is 5. The van der Waals surface area contributed by atoms with E-state index in [-0.39, 0.29) is 12.6 Å². The summed E-state index contributed by atoms with van der Waals surface area (Å²) in [5, 5.41) is 7.86. The number of benzene rings is 2. The number of carbonyl (C=O) groups excluding carboxylic acids is 1. The minimum absolute atomic E-state index is 0.252. The zero-order valence-corrected chi connectivity index (χ0v) is 19.5. The number of rotatable bonds is 6. The van der Waals surface area contributed by atoms with Gasteiger partial charge in [0.15, 0.2) is 0 Å². The lowest BCUT2D eigenvalue weighted by Crippen LogP contribution is -2.45. The van der Waals surface area contributed by atoms with E-state index in [9.17, 15) is 4.79 Å². The molecule has 34 heavy (non-hydrogen) atoms. The fraction of sp³-hybridized carbons (Fsp3) is 0.192. The molecule has 0 saturated heterocycles. The van der Waals surface area contributed by atoms with Crippen molar-refractivity contribution in [3.8, 4) is 11.4 Å². The maximum absolute atomic E-state index is 13.1. The summed E-state index contributed by atoms with van der Waals surface area (Å²) in [4.78, 5) is 19.4. The van der Waals surface area contributed by atoms with Crippen LogP contribution in [0.15, 0.2) is 81.6 Å². The first kappa shape index (κ1) is 22.0. The van der Waals surface area contributed by atoms with Gasteiger partial charge in [-0.15, -0.1) is 0 Å². The molecule has 1 atom stereocenters. The highest BCUT2D eigenvalue weighted by molar-refractivity contribution is 6.30. The number of furan rings is 1. The number of hydrogen-bond donors (Lipinski definition) is 1. The Bertz CT molecular complexity index is 1340. The lowest BCUT2D eigenvalue weighted by molar-refractivity contribution is 0.199. The maximum Gasteiger partial charge on any atom is 0.322 e. The van der Waals surface area contributed by atoms with Gasteiger partial charge in [0.25, 0.3) is 5.89 Å². The Balaban J connectivity index is 1.58. The Morgan fingerprint density at radius 1 is 1.12 bits per heavy atom. The molecule has 8 heteroatoms. The molecule has 4 aromatic rings. The van der Waals surface area contributed by atoms with Crippen LogP contribution in [-0.4, -0.2) is 21.1 Å². The molecule has 0 bridgehead atoms. The highest BCUT2D eigenvalue weighted by atomic mass is 35.5. The average Bonchev–Trinajstić information content (AvgIpc) is 3.54. The van der Waals surface area contributed by atoms with Gasteiger partial charge in [0.2, 0.25) is 5.82 Å². The van der Waals surface area contributed by atoms with Crippen molar-refractivity contribution >= 4 is 23.2 Å². The number of aromatic nitrogens is 2. The van der Waals surface area contributed by atoms with Crippen LogP contribution in [0.1, 0.15) is 42.7 Å². The molecule has 1 N–H and O–H groups in total. The first-order valence-electron chi connectivity index (χ1n) is 11.0. The van der Waals surface area contributed by atoms with Crippen LogP contribution in [0.25, 0.3) is 17.0 Å². The van der Waals surface area contributed by atoms with Gasteiger partial charge < -0.3 is 14.3 Å². The van der Waals surface area contributed by atoms with E-state index in [1.54, 1.807) is 23.3 Å². The molecule has 0 fully saturated rings. The van der Waals surface area contributed by atoms with Crippen molar-refractivity contribution in [2.24, 2.45) is 0 Å². The Morgan fingerprint density at radius 2 is 1.94 bits per heavy atom. The molecule has 3 heterocycles. The summed E-state index contributed by atoms with van der Waals surface area (Å²) in [5.74, 6) is 1.48. The predicted octanol–water partition coefficient (Wildman–Crippen LogP) is 6.24. The van der Waals surface area contributed by atoms with Gasteiger partial charge in [-0.1, -0.05) is 60.1 Å².